The molecule has 0 spiro atoms. The minimum absolute atomic E-state index is 0. The average molecular weight is 985 g/mol. The van der Waals surface area contributed by atoms with Gasteiger partial charge in [-0.1, -0.05) is 218 Å². The van der Waals surface area contributed by atoms with E-state index in [4.69, 9.17) is 0 Å². The Bertz CT molecular complexity index is 1960. The van der Waals surface area contributed by atoms with Crippen molar-refractivity contribution in [2.45, 2.75) is 243 Å². The van der Waals surface area contributed by atoms with Gasteiger partial charge in [-0.2, -0.15) is 0 Å². The third-order valence-electron chi connectivity index (χ3n) is 13.0. The van der Waals surface area contributed by atoms with Crippen molar-refractivity contribution in [2.24, 2.45) is 0 Å². The quantitative estimate of drug-likeness (QED) is 0.0262. The van der Waals surface area contributed by atoms with Crippen LogP contribution in [0, 0.1) is 0 Å². The van der Waals surface area contributed by atoms with Gasteiger partial charge in [0.05, 0.1) is 9.79 Å². The van der Waals surface area contributed by atoms with Gasteiger partial charge in [-0.25, -0.2) is 16.8 Å². The van der Waals surface area contributed by atoms with E-state index in [1.165, 1.54) is 166 Å². The fourth-order valence-corrected chi connectivity index (χ4v) is 10.5. The first-order valence-corrected chi connectivity index (χ1v) is 28.8. The summed E-state index contributed by atoms with van der Waals surface area (Å²) in [6.07, 6.45) is 38.8. The van der Waals surface area contributed by atoms with Crippen molar-refractivity contribution in [3.8, 4) is 0 Å². The predicted molar refractivity (Wildman–Crippen MR) is 271 cm³/mol. The summed E-state index contributed by atoms with van der Waals surface area (Å²) in [4.78, 5) is -0.144. The molecule has 0 aliphatic rings. The number of rotatable bonds is 34. The molecule has 0 aromatic heterocycles. The molecule has 6 nitrogen and oxygen atoms in total. The Morgan fingerprint density at radius 1 is 0.323 bits per heavy atom. The zero-order valence-corrected chi connectivity index (χ0v) is 46.0. The second-order valence-electron chi connectivity index (χ2n) is 18.6. The van der Waals surface area contributed by atoms with Crippen molar-refractivity contribution in [3.63, 3.8) is 0 Å². The van der Waals surface area contributed by atoms with Crippen LogP contribution in [0.2, 0.25) is 0 Å². The number of aryl methyl sites for hydroxylation is 4. The smallest absolute Gasteiger partial charge is 0.744 e. The fraction of sp³-hybridized carbons (Fsp3) is 0.643. The van der Waals surface area contributed by atoms with E-state index in [1.807, 2.05) is 36.4 Å². The van der Waals surface area contributed by atoms with Crippen molar-refractivity contribution in [3.05, 3.63) is 82.9 Å². The van der Waals surface area contributed by atoms with Gasteiger partial charge in [0.2, 0.25) is 0 Å². The van der Waals surface area contributed by atoms with Gasteiger partial charge in [-0.05, 0) is 119 Å². The molecule has 0 unspecified atom stereocenters. The SMILES string of the molecule is CCCCCCCCCc1ccc2c(CCCCCCCCC)ccc(S(=O)(=O)[O-])c2c1.CCCCCCCCCc1ccc2c(CCCCCCCCC)ccc(S(=O)(=O)[O-])c2c1.[Zn+2]. The zero-order valence-electron chi connectivity index (χ0n) is 41.4. The van der Waals surface area contributed by atoms with Crippen LogP contribution in [0.1, 0.15) is 230 Å². The Balaban J connectivity index is 0.000000440. The molecule has 4 aromatic rings. The van der Waals surface area contributed by atoms with E-state index in [0.29, 0.717) is 10.8 Å². The Morgan fingerprint density at radius 3 is 0.862 bits per heavy atom. The maximum absolute atomic E-state index is 11.9. The van der Waals surface area contributed by atoms with Gasteiger partial charge in [0.25, 0.3) is 0 Å². The van der Waals surface area contributed by atoms with Gasteiger partial charge >= 0.3 is 19.5 Å². The van der Waals surface area contributed by atoms with Crippen molar-refractivity contribution in [1.29, 1.82) is 0 Å². The summed E-state index contributed by atoms with van der Waals surface area (Å²) < 4.78 is 71.3. The van der Waals surface area contributed by atoms with Gasteiger partial charge in [0.15, 0.2) is 0 Å². The van der Waals surface area contributed by atoms with Gasteiger partial charge < -0.3 is 9.11 Å². The Kier molecular flexibility index (Phi) is 31.0. The molecule has 4 rings (SSSR count). The van der Waals surface area contributed by atoms with Crippen molar-refractivity contribution < 1.29 is 45.4 Å². The Labute approximate surface area is 410 Å². The van der Waals surface area contributed by atoms with Crippen LogP contribution in [0.3, 0.4) is 0 Å². The summed E-state index contributed by atoms with van der Waals surface area (Å²) in [6.45, 7) is 8.93. The third-order valence-corrected chi connectivity index (χ3v) is 14.8. The molecule has 0 heterocycles. The first-order valence-electron chi connectivity index (χ1n) is 25.9. The zero-order chi connectivity index (χ0) is 46.5. The largest absolute Gasteiger partial charge is 2.00 e. The minimum Gasteiger partial charge on any atom is -0.744 e. The van der Waals surface area contributed by atoms with E-state index < -0.39 is 20.2 Å². The number of fused-ring (bicyclic) bond motifs is 2. The number of hydrogen-bond donors (Lipinski definition) is 0. The molecule has 0 amide bonds. The average Bonchev–Trinajstić information content (AvgIpc) is 3.27. The van der Waals surface area contributed by atoms with Crippen LogP contribution < -0.4 is 0 Å². The normalized spacial score (nSPS) is 11.8. The van der Waals surface area contributed by atoms with Crippen LogP contribution in [-0.2, 0) is 65.4 Å². The topological polar surface area (TPSA) is 114 Å². The maximum atomic E-state index is 11.9. The first kappa shape index (κ1) is 59.0. The third kappa shape index (κ3) is 23.1. The molecule has 9 heteroatoms. The number of hydrogen-bond acceptors (Lipinski definition) is 6. The van der Waals surface area contributed by atoms with Gasteiger partial charge in [0.1, 0.15) is 20.2 Å². The summed E-state index contributed by atoms with van der Waals surface area (Å²) in [6, 6.07) is 19.0. The van der Waals surface area contributed by atoms with Gasteiger partial charge in [-0.15, -0.1) is 0 Å². The monoisotopic (exact) mass is 983 g/mol. The second kappa shape index (κ2) is 34.2. The molecular weight excluding hydrogens is 898 g/mol. The van der Waals surface area contributed by atoms with Crippen LogP contribution in [0.15, 0.2) is 70.5 Å². The molecular formula is C56H86O6S2Zn. The van der Waals surface area contributed by atoms with E-state index in [2.05, 4.69) is 39.8 Å². The number of unbranched alkanes of at least 4 members (excludes halogenated alkanes) is 24. The van der Waals surface area contributed by atoms with Crippen LogP contribution in [0.5, 0.6) is 0 Å². The van der Waals surface area contributed by atoms with Crippen molar-refractivity contribution in [1.82, 2.24) is 0 Å². The summed E-state index contributed by atoms with van der Waals surface area (Å²) in [7, 11) is -8.98. The van der Waals surface area contributed by atoms with Crippen LogP contribution in [0.25, 0.3) is 21.5 Å². The maximum Gasteiger partial charge on any atom is 2.00 e. The molecule has 0 fully saturated rings. The van der Waals surface area contributed by atoms with E-state index in [9.17, 15) is 25.9 Å². The minimum atomic E-state index is -4.49. The van der Waals surface area contributed by atoms with Crippen molar-refractivity contribution in [2.75, 3.05) is 0 Å². The molecule has 0 aliphatic heterocycles. The van der Waals surface area contributed by atoms with E-state index in [0.717, 1.165) is 84.4 Å². The van der Waals surface area contributed by atoms with Gasteiger partial charge in [-0.3, -0.25) is 0 Å². The second-order valence-corrected chi connectivity index (χ2v) is 21.3. The summed E-state index contributed by atoms with van der Waals surface area (Å²) in [5, 5.41) is 3.08. The molecule has 0 saturated carbocycles. The molecule has 0 N–H and O–H groups in total. The van der Waals surface area contributed by atoms with Crippen LogP contribution >= 0.6 is 0 Å². The summed E-state index contributed by atoms with van der Waals surface area (Å²) in [5.41, 5.74) is 4.57. The van der Waals surface area contributed by atoms with Crippen LogP contribution in [0.4, 0.5) is 0 Å². The van der Waals surface area contributed by atoms with E-state index in [1.54, 1.807) is 0 Å². The predicted octanol–water partition coefficient (Wildman–Crippen LogP) is 16.7. The molecule has 0 bridgehead atoms. The molecule has 0 saturated heterocycles. The van der Waals surface area contributed by atoms with E-state index >= 15 is 0 Å². The first-order chi connectivity index (χ1) is 30.9. The van der Waals surface area contributed by atoms with Crippen LogP contribution in [-0.4, -0.2) is 25.9 Å². The summed E-state index contributed by atoms with van der Waals surface area (Å²) in [5.74, 6) is 0. The van der Waals surface area contributed by atoms with Gasteiger partial charge in [0, 0.05) is 0 Å². The molecule has 360 valence electrons. The Hall–Kier alpha value is -2.16. The Morgan fingerprint density at radius 2 is 0.585 bits per heavy atom. The fourth-order valence-electron chi connectivity index (χ4n) is 9.16. The standard InChI is InChI=1S/2C28H44O3S.Zn/c2*1-3-5-7-9-11-13-15-17-24-19-21-26-25(18-16-14-12-10-8-6-4-2)20-22-28(27(26)23-24)32(29,30)31;/h2*19-23H,3-18H2,1-2H3,(H,29,30,31);/q;;+2/p-2. The molecule has 65 heavy (non-hydrogen) atoms. The summed E-state index contributed by atoms with van der Waals surface area (Å²) >= 11 is 0. The molecule has 0 atom stereocenters. The van der Waals surface area contributed by atoms with Crippen molar-refractivity contribution >= 4 is 41.8 Å². The van der Waals surface area contributed by atoms with E-state index in [-0.39, 0.29) is 29.3 Å². The number of benzene rings is 4. The molecule has 0 aliphatic carbocycles. The molecule has 0 radical (unpaired) electrons. The molecule has 4 aromatic carbocycles.